The summed E-state index contributed by atoms with van der Waals surface area (Å²) in [4.78, 5) is 0. The third-order valence-electron chi connectivity index (χ3n) is 3.22. The molecule has 1 aromatic carbocycles. The number of aromatic nitrogens is 2. The van der Waals surface area contributed by atoms with Gasteiger partial charge < -0.3 is 5.73 Å². The molecule has 0 aliphatic rings. The molecule has 0 bridgehead atoms. The van der Waals surface area contributed by atoms with Gasteiger partial charge >= 0.3 is 0 Å². The van der Waals surface area contributed by atoms with Crippen molar-refractivity contribution >= 4 is 0 Å². The van der Waals surface area contributed by atoms with Crippen LogP contribution in [-0.2, 0) is 13.6 Å². The summed E-state index contributed by atoms with van der Waals surface area (Å²) in [6.45, 7) is 6.82. The number of benzene rings is 1. The molecule has 2 aromatic rings. The molecule has 0 saturated carbocycles. The summed E-state index contributed by atoms with van der Waals surface area (Å²) in [5, 5.41) is 4.47. The lowest BCUT2D eigenvalue weighted by Crippen LogP contribution is -1.99. The predicted octanol–water partition coefficient (Wildman–Crippen LogP) is 2.47. The number of rotatable bonds is 2. The monoisotopic (exact) mass is 229 g/mol. The van der Waals surface area contributed by atoms with E-state index in [0.717, 1.165) is 5.69 Å². The molecule has 2 N–H and O–H groups in total. The summed E-state index contributed by atoms with van der Waals surface area (Å²) in [5.41, 5.74) is 12.8. The summed E-state index contributed by atoms with van der Waals surface area (Å²) >= 11 is 0. The van der Waals surface area contributed by atoms with Crippen LogP contribution in [0.1, 0.15) is 22.4 Å². The van der Waals surface area contributed by atoms with E-state index in [0.29, 0.717) is 6.54 Å². The quantitative estimate of drug-likeness (QED) is 0.859. The highest BCUT2D eigenvalue weighted by atomic mass is 15.3. The molecule has 3 heteroatoms. The van der Waals surface area contributed by atoms with E-state index in [4.69, 9.17) is 5.73 Å². The largest absolute Gasteiger partial charge is 0.325 e. The standard InChI is InChI=1S/C14H19N3/c1-9-5-6-10(2)12(7-9)14-11(3)13(8-15)16-17(14)4/h5-7H,8,15H2,1-4H3. The van der Waals surface area contributed by atoms with E-state index in [9.17, 15) is 0 Å². The maximum absolute atomic E-state index is 5.70. The zero-order chi connectivity index (χ0) is 12.6. The van der Waals surface area contributed by atoms with Crippen LogP contribution in [0.2, 0.25) is 0 Å². The van der Waals surface area contributed by atoms with Crippen molar-refractivity contribution in [3.8, 4) is 11.3 Å². The van der Waals surface area contributed by atoms with Crippen molar-refractivity contribution in [1.82, 2.24) is 9.78 Å². The van der Waals surface area contributed by atoms with Gasteiger partial charge in [-0.1, -0.05) is 17.7 Å². The minimum absolute atomic E-state index is 0.491. The van der Waals surface area contributed by atoms with Crippen molar-refractivity contribution in [3.63, 3.8) is 0 Å². The predicted molar refractivity (Wildman–Crippen MR) is 70.7 cm³/mol. The fourth-order valence-corrected chi connectivity index (χ4v) is 2.25. The minimum Gasteiger partial charge on any atom is -0.325 e. The van der Waals surface area contributed by atoms with Crippen LogP contribution in [0.15, 0.2) is 18.2 Å². The lowest BCUT2D eigenvalue weighted by molar-refractivity contribution is 0.749. The van der Waals surface area contributed by atoms with E-state index in [1.807, 2.05) is 11.7 Å². The van der Waals surface area contributed by atoms with Crippen molar-refractivity contribution in [1.29, 1.82) is 0 Å². The Kier molecular flexibility index (Phi) is 3.03. The molecule has 0 radical (unpaired) electrons. The molecule has 3 nitrogen and oxygen atoms in total. The molecule has 0 atom stereocenters. The van der Waals surface area contributed by atoms with Gasteiger partial charge in [-0.15, -0.1) is 0 Å². The first-order valence-corrected chi connectivity index (χ1v) is 5.84. The van der Waals surface area contributed by atoms with E-state index < -0.39 is 0 Å². The number of hydrogen-bond donors (Lipinski definition) is 1. The Bertz CT molecular complexity index is 553. The second-order valence-corrected chi connectivity index (χ2v) is 4.57. The van der Waals surface area contributed by atoms with Crippen molar-refractivity contribution in [3.05, 3.63) is 40.6 Å². The molecule has 0 fully saturated rings. The van der Waals surface area contributed by atoms with E-state index in [2.05, 4.69) is 44.1 Å². The molecule has 2 rings (SSSR count). The Hall–Kier alpha value is -1.61. The lowest BCUT2D eigenvalue weighted by atomic mass is 9.99. The van der Waals surface area contributed by atoms with Crippen LogP contribution in [-0.4, -0.2) is 9.78 Å². The van der Waals surface area contributed by atoms with Crippen LogP contribution in [0.5, 0.6) is 0 Å². The molecule has 0 aliphatic heterocycles. The number of aryl methyl sites for hydroxylation is 3. The first-order valence-electron chi connectivity index (χ1n) is 5.84. The van der Waals surface area contributed by atoms with Gasteiger partial charge in [0.2, 0.25) is 0 Å². The third-order valence-corrected chi connectivity index (χ3v) is 3.22. The molecule has 0 amide bonds. The fraction of sp³-hybridized carbons (Fsp3) is 0.357. The second kappa shape index (κ2) is 4.34. The highest BCUT2D eigenvalue weighted by Crippen LogP contribution is 2.28. The summed E-state index contributed by atoms with van der Waals surface area (Å²) in [7, 11) is 1.98. The van der Waals surface area contributed by atoms with Gasteiger partial charge in [0.05, 0.1) is 11.4 Å². The van der Waals surface area contributed by atoms with Crippen LogP contribution in [0.3, 0.4) is 0 Å². The smallest absolute Gasteiger partial charge is 0.0795 e. The Balaban J connectivity index is 2.68. The van der Waals surface area contributed by atoms with Gasteiger partial charge in [0, 0.05) is 19.2 Å². The van der Waals surface area contributed by atoms with Gasteiger partial charge in [0.15, 0.2) is 0 Å². The van der Waals surface area contributed by atoms with Gasteiger partial charge in [0.25, 0.3) is 0 Å². The molecule has 0 aliphatic carbocycles. The molecule has 1 heterocycles. The zero-order valence-electron chi connectivity index (χ0n) is 10.9. The molecule has 0 unspecified atom stereocenters. The Morgan fingerprint density at radius 1 is 1.24 bits per heavy atom. The highest BCUT2D eigenvalue weighted by molar-refractivity contribution is 5.68. The molecule has 90 valence electrons. The Morgan fingerprint density at radius 2 is 1.94 bits per heavy atom. The highest BCUT2D eigenvalue weighted by Gasteiger charge is 2.14. The molecular weight excluding hydrogens is 210 g/mol. The first kappa shape index (κ1) is 11.9. The summed E-state index contributed by atoms with van der Waals surface area (Å²) in [6, 6.07) is 6.49. The van der Waals surface area contributed by atoms with E-state index in [-0.39, 0.29) is 0 Å². The summed E-state index contributed by atoms with van der Waals surface area (Å²) in [5.74, 6) is 0. The van der Waals surface area contributed by atoms with Crippen LogP contribution >= 0.6 is 0 Å². The minimum atomic E-state index is 0.491. The SMILES string of the molecule is Cc1ccc(C)c(-c2c(C)c(CN)nn2C)c1. The van der Waals surface area contributed by atoms with E-state index in [1.165, 1.54) is 27.9 Å². The van der Waals surface area contributed by atoms with Crippen molar-refractivity contribution in [2.24, 2.45) is 12.8 Å². The van der Waals surface area contributed by atoms with Crippen molar-refractivity contribution < 1.29 is 0 Å². The van der Waals surface area contributed by atoms with Crippen molar-refractivity contribution in [2.75, 3.05) is 0 Å². The van der Waals surface area contributed by atoms with Crippen LogP contribution < -0.4 is 5.73 Å². The Labute approximate surface area is 102 Å². The summed E-state index contributed by atoms with van der Waals surface area (Å²) in [6.07, 6.45) is 0. The number of nitrogens with zero attached hydrogens (tertiary/aromatic N) is 2. The lowest BCUT2D eigenvalue weighted by Gasteiger charge is -2.09. The van der Waals surface area contributed by atoms with E-state index >= 15 is 0 Å². The molecule has 1 aromatic heterocycles. The first-order chi connectivity index (χ1) is 8.04. The summed E-state index contributed by atoms with van der Waals surface area (Å²) < 4.78 is 1.93. The van der Waals surface area contributed by atoms with Gasteiger partial charge in [-0.25, -0.2) is 0 Å². The fourth-order valence-electron chi connectivity index (χ4n) is 2.25. The van der Waals surface area contributed by atoms with Gasteiger partial charge in [0.1, 0.15) is 0 Å². The van der Waals surface area contributed by atoms with Gasteiger partial charge in [-0.3, -0.25) is 4.68 Å². The number of nitrogens with two attached hydrogens (primary N) is 1. The van der Waals surface area contributed by atoms with Gasteiger partial charge in [-0.2, -0.15) is 5.10 Å². The van der Waals surface area contributed by atoms with Crippen molar-refractivity contribution in [2.45, 2.75) is 27.3 Å². The maximum Gasteiger partial charge on any atom is 0.0795 e. The average Bonchev–Trinajstić information content (AvgIpc) is 2.58. The Morgan fingerprint density at radius 3 is 2.53 bits per heavy atom. The normalized spacial score (nSPS) is 10.9. The molecule has 17 heavy (non-hydrogen) atoms. The zero-order valence-corrected chi connectivity index (χ0v) is 10.9. The van der Waals surface area contributed by atoms with Crippen LogP contribution in [0.4, 0.5) is 0 Å². The maximum atomic E-state index is 5.70. The topological polar surface area (TPSA) is 43.8 Å². The number of hydrogen-bond acceptors (Lipinski definition) is 2. The third kappa shape index (κ3) is 1.98. The molecule has 0 spiro atoms. The van der Waals surface area contributed by atoms with Gasteiger partial charge in [-0.05, 0) is 38.0 Å². The van der Waals surface area contributed by atoms with Crippen LogP contribution in [0, 0.1) is 20.8 Å². The molecule has 0 saturated heterocycles. The van der Waals surface area contributed by atoms with Crippen LogP contribution in [0.25, 0.3) is 11.3 Å². The van der Waals surface area contributed by atoms with E-state index in [1.54, 1.807) is 0 Å². The average molecular weight is 229 g/mol. The molecular formula is C14H19N3. The second-order valence-electron chi connectivity index (χ2n) is 4.57.